The molecule has 10 aromatic carbocycles. The van der Waals surface area contributed by atoms with Gasteiger partial charge < -0.3 is 9.47 Å². The number of rotatable bonds is 5. The van der Waals surface area contributed by atoms with Crippen molar-refractivity contribution < 1.29 is 0 Å². The molecule has 11 aromatic rings. The van der Waals surface area contributed by atoms with Crippen LogP contribution in [0.1, 0.15) is 22.3 Å². The van der Waals surface area contributed by atoms with Crippen molar-refractivity contribution in [3.8, 4) is 27.9 Å². The van der Waals surface area contributed by atoms with Crippen LogP contribution in [-0.2, 0) is 5.41 Å². The van der Waals surface area contributed by atoms with E-state index in [0.29, 0.717) is 0 Å². The Kier molecular flexibility index (Phi) is 6.68. The number of benzene rings is 10. The molecule has 0 radical (unpaired) electrons. The van der Waals surface area contributed by atoms with Gasteiger partial charge in [-0.2, -0.15) is 0 Å². The van der Waals surface area contributed by atoms with Crippen molar-refractivity contribution in [1.29, 1.82) is 0 Å². The molecule has 2 nitrogen and oxygen atoms in total. The minimum absolute atomic E-state index is 0.544. The summed E-state index contributed by atoms with van der Waals surface area (Å²) in [5.74, 6) is 0. The maximum Gasteiger partial charge on any atom is 0.0727 e. The van der Waals surface area contributed by atoms with E-state index < -0.39 is 5.41 Å². The molecule has 1 spiro atoms. The molecule has 1 aromatic heterocycles. The van der Waals surface area contributed by atoms with Gasteiger partial charge in [0, 0.05) is 33.5 Å². The summed E-state index contributed by atoms with van der Waals surface area (Å²) in [6.07, 6.45) is 0. The monoisotopic (exact) mass is 748 g/mol. The summed E-state index contributed by atoms with van der Waals surface area (Å²) < 4.78 is 2.51. The lowest BCUT2D eigenvalue weighted by Gasteiger charge is -2.39. The van der Waals surface area contributed by atoms with Gasteiger partial charge in [-0.15, -0.1) is 0 Å². The van der Waals surface area contributed by atoms with Crippen LogP contribution in [0, 0.1) is 0 Å². The highest BCUT2D eigenvalue weighted by atomic mass is 15.1. The largest absolute Gasteiger partial charge is 0.310 e. The van der Waals surface area contributed by atoms with E-state index in [4.69, 9.17) is 0 Å². The maximum atomic E-state index is 2.52. The van der Waals surface area contributed by atoms with E-state index in [2.05, 4.69) is 228 Å². The van der Waals surface area contributed by atoms with Gasteiger partial charge in [-0.1, -0.05) is 158 Å². The van der Waals surface area contributed by atoms with Crippen LogP contribution < -0.4 is 4.90 Å². The van der Waals surface area contributed by atoms with Crippen LogP contribution in [0.5, 0.6) is 0 Å². The van der Waals surface area contributed by atoms with E-state index >= 15 is 0 Å². The topological polar surface area (TPSA) is 8.17 Å². The fourth-order valence-corrected chi connectivity index (χ4v) is 10.7. The lowest BCUT2D eigenvalue weighted by molar-refractivity contribution is 0.783. The van der Waals surface area contributed by atoms with Gasteiger partial charge in [0.25, 0.3) is 0 Å². The Hall–Kier alpha value is -7.68. The minimum Gasteiger partial charge on any atom is -0.310 e. The Morgan fingerprint density at radius 2 is 0.915 bits per heavy atom. The Bertz CT molecular complexity index is 3440. The summed E-state index contributed by atoms with van der Waals surface area (Å²) >= 11 is 0. The van der Waals surface area contributed by atoms with Gasteiger partial charge >= 0.3 is 0 Å². The standard InChI is InChI=1S/C57H36N2/c1-3-14-37(15-4-1)39-26-30-43(31-27-39)58(42-18-5-2-6-19-42)45-35-41-29-33-53-56-54(41)51(36-45)57(48-22-11-9-20-46(48)47-21-10-12-23-49(47)57)50-24-13-25-52(55(50)56)59(53)44-32-28-38-16-7-8-17-40(38)34-44/h1-36H. The Morgan fingerprint density at radius 3 is 1.68 bits per heavy atom. The molecule has 0 N–H and O–H groups in total. The number of fused-ring (bicyclic) bond motifs is 8. The van der Waals surface area contributed by atoms with E-state index in [1.807, 2.05) is 0 Å². The third-order valence-electron chi connectivity index (χ3n) is 13.1. The predicted molar refractivity (Wildman–Crippen MR) is 247 cm³/mol. The summed E-state index contributed by atoms with van der Waals surface area (Å²) in [6.45, 7) is 0. The quantitative estimate of drug-likeness (QED) is 0.170. The number of nitrogens with zero attached hydrogens (tertiary/aromatic N) is 2. The normalized spacial score (nSPS) is 13.2. The van der Waals surface area contributed by atoms with Gasteiger partial charge in [-0.3, -0.25) is 0 Å². The van der Waals surface area contributed by atoms with Crippen molar-refractivity contribution in [3.05, 3.63) is 241 Å². The number of anilines is 3. The van der Waals surface area contributed by atoms with Crippen molar-refractivity contribution in [1.82, 2.24) is 4.57 Å². The molecule has 2 aliphatic carbocycles. The van der Waals surface area contributed by atoms with Crippen LogP contribution in [0.25, 0.3) is 71.3 Å². The summed E-state index contributed by atoms with van der Waals surface area (Å²) in [5.41, 5.74) is 16.8. The average molecular weight is 749 g/mol. The first kappa shape index (κ1) is 32.4. The highest BCUT2D eigenvalue weighted by Crippen LogP contribution is 2.63. The summed E-state index contributed by atoms with van der Waals surface area (Å²) in [5, 5.41) is 7.72. The summed E-state index contributed by atoms with van der Waals surface area (Å²) in [6, 6.07) is 81.1. The SMILES string of the molecule is c1ccc(-c2ccc(N(c3ccccc3)c3cc4c5c(ccc6c5c5c(cccc5n6-c5ccc6ccccc6c5)C45c4ccccc4-c4ccccc45)c3)cc2)cc1. The number of hydrogen-bond acceptors (Lipinski definition) is 1. The van der Waals surface area contributed by atoms with Crippen LogP contribution in [0.15, 0.2) is 218 Å². The first-order chi connectivity index (χ1) is 29.3. The zero-order valence-corrected chi connectivity index (χ0v) is 32.2. The molecule has 2 heteroatoms. The zero-order valence-electron chi connectivity index (χ0n) is 32.2. The Labute approximate surface area is 342 Å². The molecule has 2 aliphatic rings. The summed E-state index contributed by atoms with van der Waals surface area (Å²) in [4.78, 5) is 2.44. The van der Waals surface area contributed by atoms with Gasteiger partial charge in [0.15, 0.2) is 0 Å². The number of para-hydroxylation sites is 1. The van der Waals surface area contributed by atoms with Gasteiger partial charge in [-0.05, 0) is 127 Å². The van der Waals surface area contributed by atoms with Crippen molar-refractivity contribution in [3.63, 3.8) is 0 Å². The van der Waals surface area contributed by atoms with Crippen molar-refractivity contribution in [2.75, 3.05) is 4.90 Å². The fourth-order valence-electron chi connectivity index (χ4n) is 10.7. The molecule has 0 bridgehead atoms. The van der Waals surface area contributed by atoms with E-state index in [-0.39, 0.29) is 0 Å². The van der Waals surface area contributed by atoms with Gasteiger partial charge in [0.05, 0.1) is 16.4 Å². The second-order valence-corrected chi connectivity index (χ2v) is 16.0. The molecule has 0 fully saturated rings. The molecule has 0 atom stereocenters. The number of hydrogen-bond donors (Lipinski definition) is 0. The molecule has 1 heterocycles. The molecule has 0 saturated carbocycles. The van der Waals surface area contributed by atoms with Crippen LogP contribution in [0.3, 0.4) is 0 Å². The van der Waals surface area contributed by atoms with Gasteiger partial charge in [0.2, 0.25) is 0 Å². The van der Waals surface area contributed by atoms with Crippen LogP contribution in [-0.4, -0.2) is 4.57 Å². The molecular formula is C57H36N2. The molecule has 13 rings (SSSR count). The van der Waals surface area contributed by atoms with Crippen molar-refractivity contribution in [2.24, 2.45) is 0 Å². The molecule has 59 heavy (non-hydrogen) atoms. The predicted octanol–water partition coefficient (Wildman–Crippen LogP) is 14.9. The first-order valence-electron chi connectivity index (χ1n) is 20.5. The molecule has 0 amide bonds. The second-order valence-electron chi connectivity index (χ2n) is 16.0. The van der Waals surface area contributed by atoms with E-state index in [1.54, 1.807) is 0 Å². The maximum absolute atomic E-state index is 2.52. The Balaban J connectivity index is 1.15. The Morgan fingerprint density at radius 1 is 0.322 bits per heavy atom. The van der Waals surface area contributed by atoms with Crippen LogP contribution >= 0.6 is 0 Å². The molecule has 0 aliphatic heterocycles. The lowest BCUT2D eigenvalue weighted by atomic mass is 9.63. The third-order valence-corrected chi connectivity index (χ3v) is 13.1. The molecular weight excluding hydrogens is 713 g/mol. The highest BCUT2D eigenvalue weighted by molar-refractivity contribution is 6.27. The smallest absolute Gasteiger partial charge is 0.0727 e. The zero-order chi connectivity index (χ0) is 38.7. The van der Waals surface area contributed by atoms with E-state index in [9.17, 15) is 0 Å². The second kappa shape index (κ2) is 12.2. The van der Waals surface area contributed by atoms with Crippen LogP contribution in [0.4, 0.5) is 17.1 Å². The van der Waals surface area contributed by atoms with Crippen molar-refractivity contribution in [2.45, 2.75) is 5.41 Å². The first-order valence-corrected chi connectivity index (χ1v) is 20.5. The third kappa shape index (κ3) is 4.40. The van der Waals surface area contributed by atoms with Gasteiger partial charge in [-0.25, -0.2) is 0 Å². The average Bonchev–Trinajstić information content (AvgIpc) is 3.80. The lowest BCUT2D eigenvalue weighted by Crippen LogP contribution is -2.31. The number of aromatic nitrogens is 1. The van der Waals surface area contributed by atoms with E-state index in [0.717, 1.165) is 17.1 Å². The summed E-state index contributed by atoms with van der Waals surface area (Å²) in [7, 11) is 0. The highest BCUT2D eigenvalue weighted by Gasteiger charge is 2.50. The van der Waals surface area contributed by atoms with Crippen molar-refractivity contribution >= 4 is 60.4 Å². The fraction of sp³-hybridized carbons (Fsp3) is 0.0175. The van der Waals surface area contributed by atoms with E-state index in [1.165, 1.54) is 93.5 Å². The molecule has 0 unspecified atom stereocenters. The molecule has 0 saturated heterocycles. The van der Waals surface area contributed by atoms with Gasteiger partial charge in [0.1, 0.15) is 0 Å². The molecule has 274 valence electrons. The van der Waals surface area contributed by atoms with Crippen LogP contribution in [0.2, 0.25) is 0 Å². The minimum atomic E-state index is -0.544.